The van der Waals surface area contributed by atoms with Crippen LogP contribution in [0.3, 0.4) is 0 Å². The summed E-state index contributed by atoms with van der Waals surface area (Å²) in [6.07, 6.45) is 2.49. The monoisotopic (exact) mass is 509 g/mol. The first-order valence-corrected chi connectivity index (χ1v) is 12.7. The van der Waals surface area contributed by atoms with E-state index in [2.05, 4.69) is 15.6 Å². The van der Waals surface area contributed by atoms with Crippen molar-refractivity contribution in [1.29, 1.82) is 0 Å². The number of hydrogen-bond donors (Lipinski definition) is 4. The van der Waals surface area contributed by atoms with Crippen LogP contribution < -0.4 is 21.1 Å². The Bertz CT molecular complexity index is 1270. The van der Waals surface area contributed by atoms with Crippen LogP contribution in [-0.2, 0) is 19.2 Å². The zero-order valence-corrected chi connectivity index (χ0v) is 20.6. The van der Waals surface area contributed by atoms with Gasteiger partial charge in [-0.25, -0.2) is 0 Å². The number of methoxy groups -OCH3 is 1. The molecule has 1 aliphatic carbocycles. The number of H-pyrrole nitrogens is 1. The lowest BCUT2D eigenvalue weighted by Crippen LogP contribution is -2.53. The molecule has 0 bridgehead atoms. The molecule has 3 fully saturated rings. The molecule has 0 spiro atoms. The zero-order valence-electron chi connectivity index (χ0n) is 20.6. The highest BCUT2D eigenvalue weighted by molar-refractivity contribution is 6.39. The molecule has 4 amide bonds. The number of Topliss-reactive ketones (excluding diaryl/α,β-unsaturated/α-hetero) is 1. The van der Waals surface area contributed by atoms with Crippen LogP contribution in [0.15, 0.2) is 24.3 Å². The molecule has 11 heteroatoms. The second kappa shape index (κ2) is 9.87. The molecule has 1 aromatic carbocycles. The molecule has 0 radical (unpaired) electrons. The third-order valence-electron chi connectivity index (χ3n) is 8.07. The number of primary amides is 1. The Balaban J connectivity index is 1.40. The first-order valence-electron chi connectivity index (χ1n) is 12.7. The highest BCUT2D eigenvalue weighted by atomic mass is 16.5. The van der Waals surface area contributed by atoms with Crippen LogP contribution in [0, 0.1) is 23.7 Å². The molecule has 5 rings (SSSR count). The van der Waals surface area contributed by atoms with Gasteiger partial charge in [0.2, 0.25) is 17.6 Å². The Kier molecular flexibility index (Phi) is 6.61. The smallest absolute Gasteiger partial charge is 0.285 e. The van der Waals surface area contributed by atoms with Gasteiger partial charge in [0.15, 0.2) is 0 Å². The summed E-state index contributed by atoms with van der Waals surface area (Å²) in [6, 6.07) is 7.23. The Labute approximate surface area is 213 Å². The fourth-order valence-corrected chi connectivity index (χ4v) is 6.18. The van der Waals surface area contributed by atoms with Crippen molar-refractivity contribution >= 4 is 40.3 Å². The minimum absolute atomic E-state index is 0.0333. The maximum absolute atomic E-state index is 13.7. The summed E-state index contributed by atoms with van der Waals surface area (Å²) in [7, 11) is 1.56. The van der Waals surface area contributed by atoms with Gasteiger partial charge < -0.3 is 31.0 Å². The van der Waals surface area contributed by atoms with Crippen molar-refractivity contribution in [3.63, 3.8) is 0 Å². The van der Waals surface area contributed by atoms with Crippen LogP contribution in [0.1, 0.15) is 42.6 Å². The number of carbonyl (C=O) groups is 5. The minimum Gasteiger partial charge on any atom is -0.496 e. The predicted molar refractivity (Wildman–Crippen MR) is 132 cm³/mol. The molecular weight excluding hydrogens is 478 g/mol. The molecule has 1 aromatic heterocycles. The fourth-order valence-electron chi connectivity index (χ4n) is 6.18. The molecule has 5 N–H and O–H groups in total. The number of amides is 4. The summed E-state index contributed by atoms with van der Waals surface area (Å²) in [5, 5.41) is 6.35. The van der Waals surface area contributed by atoms with E-state index >= 15 is 0 Å². The first-order chi connectivity index (χ1) is 17.8. The summed E-state index contributed by atoms with van der Waals surface area (Å²) >= 11 is 0. The van der Waals surface area contributed by atoms with Crippen molar-refractivity contribution in [2.45, 2.75) is 38.3 Å². The molecular formula is C26H31N5O6. The van der Waals surface area contributed by atoms with E-state index in [4.69, 9.17) is 10.5 Å². The normalized spacial score (nSPS) is 25.5. The summed E-state index contributed by atoms with van der Waals surface area (Å²) < 4.78 is 5.41. The number of aromatic amines is 1. The summed E-state index contributed by atoms with van der Waals surface area (Å²) in [4.78, 5) is 68.3. The molecule has 196 valence electrons. The van der Waals surface area contributed by atoms with Crippen molar-refractivity contribution in [1.82, 2.24) is 20.5 Å². The minimum atomic E-state index is -1.39. The molecule has 1 unspecified atom stereocenters. The summed E-state index contributed by atoms with van der Waals surface area (Å²) in [5.74, 6) is -4.50. The molecule has 5 atom stereocenters. The van der Waals surface area contributed by atoms with Crippen LogP contribution in [0.5, 0.6) is 5.75 Å². The van der Waals surface area contributed by atoms with E-state index in [1.807, 2.05) is 18.2 Å². The van der Waals surface area contributed by atoms with Gasteiger partial charge in [0, 0.05) is 35.8 Å². The number of benzene rings is 1. The second-order valence-electron chi connectivity index (χ2n) is 10.2. The van der Waals surface area contributed by atoms with E-state index in [0.29, 0.717) is 31.0 Å². The average molecular weight is 510 g/mol. The van der Waals surface area contributed by atoms with Gasteiger partial charge >= 0.3 is 0 Å². The quantitative estimate of drug-likeness (QED) is 0.302. The van der Waals surface area contributed by atoms with Crippen molar-refractivity contribution < 1.29 is 28.7 Å². The number of carbonyl (C=O) groups excluding carboxylic acids is 5. The van der Waals surface area contributed by atoms with Gasteiger partial charge in [-0.05, 0) is 49.8 Å². The number of hydrogen-bond acceptors (Lipinski definition) is 6. The van der Waals surface area contributed by atoms with E-state index in [-0.39, 0.29) is 30.1 Å². The second-order valence-corrected chi connectivity index (χ2v) is 10.2. The van der Waals surface area contributed by atoms with Gasteiger partial charge in [0.25, 0.3) is 11.8 Å². The lowest BCUT2D eigenvalue weighted by molar-refractivity contribution is -0.144. The van der Waals surface area contributed by atoms with Gasteiger partial charge in [-0.3, -0.25) is 24.0 Å². The highest BCUT2D eigenvalue weighted by Crippen LogP contribution is 2.42. The molecule has 2 aromatic rings. The van der Waals surface area contributed by atoms with E-state index in [1.54, 1.807) is 18.1 Å². The number of nitrogens with two attached hydrogens (primary N) is 1. The molecule has 2 aliphatic heterocycles. The fraction of sp³-hybridized carbons (Fsp3) is 0.500. The molecule has 37 heavy (non-hydrogen) atoms. The SMILES string of the molecule is COc1cccc2[nH]c(C(=O)N3C[C@@H]4CCC[C@@H]4[C@H]3NC(=O)C(C[C@H]3CCNC3=O)C(=O)C(N)=O)cc12. The number of aromatic nitrogens is 1. The number of likely N-dealkylation sites (tertiary alicyclic amines) is 1. The van der Waals surface area contributed by atoms with Crippen LogP contribution in [-0.4, -0.2) is 65.7 Å². The zero-order chi connectivity index (χ0) is 26.3. The number of fused-ring (bicyclic) bond motifs is 2. The maximum Gasteiger partial charge on any atom is 0.285 e. The van der Waals surface area contributed by atoms with E-state index < -0.39 is 35.6 Å². The maximum atomic E-state index is 13.7. The van der Waals surface area contributed by atoms with Crippen molar-refractivity contribution in [3.05, 3.63) is 30.0 Å². The topological polar surface area (TPSA) is 164 Å². The van der Waals surface area contributed by atoms with E-state index in [9.17, 15) is 24.0 Å². The number of nitrogens with zero attached hydrogens (tertiary/aromatic N) is 1. The Morgan fingerprint density at radius 3 is 2.73 bits per heavy atom. The van der Waals surface area contributed by atoms with Gasteiger partial charge in [-0.15, -0.1) is 0 Å². The Morgan fingerprint density at radius 2 is 2.03 bits per heavy atom. The van der Waals surface area contributed by atoms with Crippen molar-refractivity contribution in [2.24, 2.45) is 29.4 Å². The molecule has 2 saturated heterocycles. The van der Waals surface area contributed by atoms with E-state index in [1.165, 1.54) is 0 Å². The van der Waals surface area contributed by atoms with Gasteiger partial charge in [-0.2, -0.15) is 0 Å². The summed E-state index contributed by atoms with van der Waals surface area (Å²) in [5.41, 5.74) is 6.36. The highest BCUT2D eigenvalue weighted by Gasteiger charge is 2.48. The molecule has 3 heterocycles. The number of nitrogens with one attached hydrogen (secondary N) is 3. The third-order valence-corrected chi connectivity index (χ3v) is 8.07. The Hall–Kier alpha value is -3.89. The van der Waals surface area contributed by atoms with Crippen LogP contribution in [0.25, 0.3) is 10.9 Å². The molecule has 1 saturated carbocycles. The van der Waals surface area contributed by atoms with Gasteiger partial charge in [0.05, 0.1) is 7.11 Å². The number of rotatable bonds is 8. The lowest BCUT2D eigenvalue weighted by atomic mass is 9.88. The molecule has 3 aliphatic rings. The van der Waals surface area contributed by atoms with Crippen LogP contribution in [0.2, 0.25) is 0 Å². The summed E-state index contributed by atoms with van der Waals surface area (Å²) in [6.45, 7) is 0.924. The van der Waals surface area contributed by atoms with Crippen LogP contribution in [0.4, 0.5) is 0 Å². The van der Waals surface area contributed by atoms with Crippen molar-refractivity contribution in [2.75, 3.05) is 20.2 Å². The first kappa shape index (κ1) is 24.8. The van der Waals surface area contributed by atoms with Crippen molar-refractivity contribution in [3.8, 4) is 5.75 Å². The van der Waals surface area contributed by atoms with Gasteiger partial charge in [-0.1, -0.05) is 12.5 Å². The van der Waals surface area contributed by atoms with Gasteiger partial charge in [0.1, 0.15) is 23.5 Å². The average Bonchev–Trinajstić information content (AvgIpc) is 3.66. The standard InChI is InChI=1S/C26H31N5O6/c1-37-20-7-3-6-18-16(20)11-19(29-18)26(36)31-12-14-4-2-5-15(14)23(31)30-25(35)17(21(32)22(27)33)10-13-8-9-28-24(13)34/h3,6-7,11,13-15,17,23,29H,2,4-5,8-10,12H2,1H3,(H2,27,33)(H,28,34)(H,30,35)/t13-,14+,15+,17?,23+/m1/s1. The predicted octanol–water partition coefficient (Wildman–Crippen LogP) is 0.688. The number of ketones is 1. The van der Waals surface area contributed by atoms with Crippen LogP contribution >= 0.6 is 0 Å². The number of ether oxygens (including phenoxy) is 1. The molecule has 11 nitrogen and oxygen atoms in total. The lowest BCUT2D eigenvalue weighted by Gasteiger charge is -2.30. The largest absolute Gasteiger partial charge is 0.496 e. The Morgan fingerprint density at radius 1 is 1.22 bits per heavy atom. The third kappa shape index (κ3) is 4.54. The van der Waals surface area contributed by atoms with E-state index in [0.717, 1.165) is 30.2 Å².